The van der Waals surface area contributed by atoms with Crippen molar-refractivity contribution < 1.29 is 46.1 Å². The van der Waals surface area contributed by atoms with Crippen molar-refractivity contribution in [2.24, 2.45) is 0 Å². The van der Waals surface area contributed by atoms with Gasteiger partial charge in [0.2, 0.25) is 0 Å². The molecular weight excluding hydrogens is 402 g/mol. The third-order valence-electron chi connectivity index (χ3n) is 3.59. The van der Waals surface area contributed by atoms with E-state index in [-0.39, 0.29) is 18.2 Å². The second kappa shape index (κ2) is 6.58. The van der Waals surface area contributed by atoms with E-state index in [1.807, 2.05) is 0 Å². The molecule has 7 nitrogen and oxygen atoms in total. The third-order valence-corrected chi connectivity index (χ3v) is 3.59. The first-order chi connectivity index (χ1) is 12.7. The first kappa shape index (κ1) is 20.8. The Balaban J connectivity index is 3.16. The maximum atomic E-state index is 13.3. The number of alkyl halides is 6. The number of nitrogens with two attached hydrogens (primary N) is 1. The number of carbonyl (C=O) groups is 2. The summed E-state index contributed by atoms with van der Waals surface area (Å²) in [4.78, 5) is 36.4. The Morgan fingerprint density at radius 3 is 1.89 bits per heavy atom. The molecule has 150 valence electrons. The second-order valence-corrected chi connectivity index (χ2v) is 5.36. The lowest BCUT2D eigenvalue weighted by atomic mass is 9.90. The van der Waals surface area contributed by atoms with Gasteiger partial charge in [0.25, 0.3) is 5.56 Å². The number of nitrogen functional groups attached to an aromatic ring is 1. The fourth-order valence-corrected chi connectivity index (χ4v) is 2.49. The van der Waals surface area contributed by atoms with Gasteiger partial charge in [0.15, 0.2) is 0 Å². The number of carboxylic acid groups (broad SMARTS) is 2. The molecule has 2 rings (SSSR count). The minimum atomic E-state index is -5.30. The predicted octanol–water partition coefficient (Wildman–Crippen LogP) is 3.06. The van der Waals surface area contributed by atoms with Gasteiger partial charge in [-0.25, -0.2) is 9.59 Å². The van der Waals surface area contributed by atoms with Crippen molar-refractivity contribution in [3.8, 4) is 11.1 Å². The summed E-state index contributed by atoms with van der Waals surface area (Å²) in [6, 6.07) is 0.00640. The Hall–Kier alpha value is -3.51. The van der Waals surface area contributed by atoms with Crippen LogP contribution in [0.25, 0.3) is 11.1 Å². The Labute approximate surface area is 150 Å². The molecule has 1 heterocycles. The number of anilines is 1. The van der Waals surface area contributed by atoms with Gasteiger partial charge in [-0.1, -0.05) is 0 Å². The van der Waals surface area contributed by atoms with Crippen LogP contribution in [0.5, 0.6) is 0 Å². The van der Waals surface area contributed by atoms with E-state index in [0.717, 1.165) is 0 Å². The molecule has 0 saturated carbocycles. The molecule has 1 aromatic heterocycles. The van der Waals surface area contributed by atoms with Gasteiger partial charge in [-0.2, -0.15) is 26.3 Å². The van der Waals surface area contributed by atoms with Crippen molar-refractivity contribution in [2.45, 2.75) is 12.4 Å². The number of aromatic carboxylic acids is 2. The van der Waals surface area contributed by atoms with Crippen LogP contribution in [0, 0.1) is 0 Å². The lowest BCUT2D eigenvalue weighted by Gasteiger charge is -2.19. The SMILES string of the molecule is Nc1[nH]c(=O)c(C(=O)O)c(-c2cc(C(F)(F)F)ccc2C(F)(F)F)c1C(=O)O. The standard InChI is InChI=1S/C15H8F6N2O5/c16-14(17,18)4-1-2-6(15(19,20)21)5(3-4)7-8(12(25)26)10(22)23-11(24)9(7)13(27)28/h1-3H,(H,25,26)(H,27,28)(H3,22,23,24). The summed E-state index contributed by atoms with van der Waals surface area (Å²) in [5.41, 5.74) is -5.36. The number of aromatic nitrogens is 1. The van der Waals surface area contributed by atoms with Crippen molar-refractivity contribution in [3.63, 3.8) is 0 Å². The average Bonchev–Trinajstić information content (AvgIpc) is 2.50. The first-order valence-corrected chi connectivity index (χ1v) is 6.97. The van der Waals surface area contributed by atoms with Gasteiger partial charge in [-0.05, 0) is 23.8 Å². The lowest BCUT2D eigenvalue weighted by molar-refractivity contribution is -0.141. The molecule has 0 bridgehead atoms. The topological polar surface area (TPSA) is 133 Å². The van der Waals surface area contributed by atoms with Crippen LogP contribution < -0.4 is 11.3 Å². The van der Waals surface area contributed by atoms with Gasteiger partial charge < -0.3 is 20.9 Å². The quantitative estimate of drug-likeness (QED) is 0.575. The number of hydrogen-bond donors (Lipinski definition) is 4. The van der Waals surface area contributed by atoms with Crippen LogP contribution in [0.15, 0.2) is 23.0 Å². The second-order valence-electron chi connectivity index (χ2n) is 5.36. The molecule has 0 aliphatic rings. The molecule has 0 spiro atoms. The molecule has 13 heteroatoms. The molecule has 0 fully saturated rings. The summed E-state index contributed by atoms with van der Waals surface area (Å²) >= 11 is 0. The molecule has 2 aromatic rings. The summed E-state index contributed by atoms with van der Waals surface area (Å²) in [5, 5.41) is 18.4. The molecular formula is C15H8F6N2O5. The molecule has 0 aliphatic heterocycles. The number of hydrogen-bond acceptors (Lipinski definition) is 4. The zero-order valence-electron chi connectivity index (χ0n) is 13.2. The molecule has 0 amide bonds. The van der Waals surface area contributed by atoms with Crippen LogP contribution >= 0.6 is 0 Å². The van der Waals surface area contributed by atoms with E-state index < -0.39 is 69.0 Å². The van der Waals surface area contributed by atoms with Crippen LogP contribution in [0.1, 0.15) is 31.8 Å². The van der Waals surface area contributed by atoms with E-state index in [9.17, 15) is 50.9 Å². The Morgan fingerprint density at radius 1 is 0.929 bits per heavy atom. The summed E-state index contributed by atoms with van der Waals surface area (Å²) in [6.07, 6.45) is -10.4. The highest BCUT2D eigenvalue weighted by atomic mass is 19.4. The highest BCUT2D eigenvalue weighted by Gasteiger charge is 2.40. The van der Waals surface area contributed by atoms with Gasteiger partial charge in [0.1, 0.15) is 16.9 Å². The van der Waals surface area contributed by atoms with Crippen LogP contribution in [-0.4, -0.2) is 27.1 Å². The molecule has 0 atom stereocenters. The van der Waals surface area contributed by atoms with E-state index in [1.165, 1.54) is 0 Å². The molecule has 28 heavy (non-hydrogen) atoms. The third kappa shape index (κ3) is 3.63. The predicted molar refractivity (Wildman–Crippen MR) is 80.8 cm³/mol. The number of benzene rings is 1. The van der Waals surface area contributed by atoms with E-state index in [1.54, 1.807) is 4.98 Å². The van der Waals surface area contributed by atoms with Gasteiger partial charge in [-0.3, -0.25) is 4.79 Å². The van der Waals surface area contributed by atoms with E-state index >= 15 is 0 Å². The maximum absolute atomic E-state index is 13.3. The molecule has 0 radical (unpaired) electrons. The van der Waals surface area contributed by atoms with Crippen molar-refractivity contribution >= 4 is 17.8 Å². The van der Waals surface area contributed by atoms with Crippen LogP contribution in [0.2, 0.25) is 0 Å². The molecule has 0 unspecified atom stereocenters. The van der Waals surface area contributed by atoms with E-state index in [2.05, 4.69) is 0 Å². The Morgan fingerprint density at radius 2 is 1.46 bits per heavy atom. The van der Waals surface area contributed by atoms with Gasteiger partial charge in [0, 0.05) is 5.56 Å². The normalized spacial score (nSPS) is 12.1. The number of pyridine rings is 1. The highest BCUT2D eigenvalue weighted by molar-refractivity contribution is 6.07. The number of aromatic amines is 1. The van der Waals surface area contributed by atoms with Crippen molar-refractivity contribution in [1.82, 2.24) is 4.98 Å². The summed E-state index contributed by atoms with van der Waals surface area (Å²) in [7, 11) is 0. The summed E-state index contributed by atoms with van der Waals surface area (Å²) in [5.74, 6) is -5.25. The lowest BCUT2D eigenvalue weighted by Crippen LogP contribution is -2.25. The fraction of sp³-hybridized carbons (Fsp3) is 0.133. The summed E-state index contributed by atoms with van der Waals surface area (Å²) < 4.78 is 79.0. The number of nitrogens with one attached hydrogen (secondary N) is 1. The van der Waals surface area contributed by atoms with E-state index in [0.29, 0.717) is 0 Å². The Kier molecular flexibility index (Phi) is 4.89. The van der Waals surface area contributed by atoms with Crippen molar-refractivity contribution in [2.75, 3.05) is 5.73 Å². The highest BCUT2D eigenvalue weighted by Crippen LogP contribution is 2.42. The minimum absolute atomic E-state index is 0.00674. The fourth-order valence-electron chi connectivity index (χ4n) is 2.49. The smallest absolute Gasteiger partial charge is 0.417 e. The van der Waals surface area contributed by atoms with Gasteiger partial charge >= 0.3 is 24.3 Å². The number of halogens is 6. The molecule has 0 saturated heterocycles. The zero-order chi connectivity index (χ0) is 21.6. The van der Waals surface area contributed by atoms with E-state index in [4.69, 9.17) is 5.73 Å². The molecule has 5 N–H and O–H groups in total. The molecule has 0 aliphatic carbocycles. The molecule has 1 aromatic carbocycles. The number of rotatable bonds is 3. The average molecular weight is 410 g/mol. The van der Waals surface area contributed by atoms with Crippen molar-refractivity contribution in [1.29, 1.82) is 0 Å². The maximum Gasteiger partial charge on any atom is 0.417 e. The van der Waals surface area contributed by atoms with Gasteiger partial charge in [0.05, 0.1) is 11.1 Å². The number of H-pyrrole nitrogens is 1. The zero-order valence-corrected chi connectivity index (χ0v) is 13.2. The van der Waals surface area contributed by atoms with Gasteiger partial charge in [-0.15, -0.1) is 0 Å². The summed E-state index contributed by atoms with van der Waals surface area (Å²) in [6.45, 7) is 0. The first-order valence-electron chi connectivity index (χ1n) is 6.97. The Bertz CT molecular complexity index is 1040. The van der Waals surface area contributed by atoms with Crippen LogP contribution in [0.3, 0.4) is 0 Å². The largest absolute Gasteiger partial charge is 0.478 e. The monoisotopic (exact) mass is 410 g/mol. The number of carboxylic acids is 2. The van der Waals surface area contributed by atoms with Crippen molar-refractivity contribution in [3.05, 3.63) is 50.8 Å². The van der Waals surface area contributed by atoms with Crippen LogP contribution in [-0.2, 0) is 12.4 Å². The minimum Gasteiger partial charge on any atom is -0.478 e. The van der Waals surface area contributed by atoms with Crippen LogP contribution in [0.4, 0.5) is 32.2 Å².